The molecule has 0 spiro atoms. The molecule has 5 rings (SSSR count). The van der Waals surface area contributed by atoms with Crippen LogP contribution in [0.25, 0.3) is 16.9 Å². The van der Waals surface area contributed by atoms with Crippen molar-refractivity contribution in [2.45, 2.75) is 13.5 Å². The second kappa shape index (κ2) is 9.60. The number of amides is 1. The van der Waals surface area contributed by atoms with Gasteiger partial charge in [-0.05, 0) is 35.7 Å². The summed E-state index contributed by atoms with van der Waals surface area (Å²) in [6.07, 6.45) is 0. The zero-order valence-corrected chi connectivity index (χ0v) is 19.7. The number of nitrogens with zero attached hydrogens (tertiary/aromatic N) is 4. The normalized spacial score (nSPS) is 15.5. The van der Waals surface area contributed by atoms with Gasteiger partial charge in [0.15, 0.2) is 0 Å². The standard InChI is InChI=1S/C26H22N4OS2/c1-19-9-8-14-22(15-19)30-23(21-12-6-3-7-13-21)17-32-25(30)28-27-24-18-33-26(31)29(24)16-20-10-4-2-5-11-20/h2-15,17H,16,18H2,1H3/b27-24-,28-25-. The minimum Gasteiger partial charge on any atom is -0.284 e. The van der Waals surface area contributed by atoms with E-state index in [1.807, 2.05) is 54.6 Å². The smallest absolute Gasteiger partial charge is 0.284 e. The Labute approximate surface area is 200 Å². The highest BCUT2D eigenvalue weighted by atomic mass is 32.2. The Bertz CT molecular complexity index is 1370. The van der Waals surface area contributed by atoms with Gasteiger partial charge in [0.25, 0.3) is 5.24 Å². The third kappa shape index (κ3) is 4.69. The van der Waals surface area contributed by atoms with Crippen LogP contribution < -0.4 is 4.80 Å². The molecule has 1 aliphatic heterocycles. The third-order valence-corrected chi connectivity index (χ3v) is 7.01. The van der Waals surface area contributed by atoms with E-state index >= 15 is 0 Å². The lowest BCUT2D eigenvalue weighted by molar-refractivity contribution is 0.244. The average molecular weight is 471 g/mol. The second-order valence-corrected chi connectivity index (χ2v) is 9.45. The number of amidine groups is 1. The van der Waals surface area contributed by atoms with Gasteiger partial charge in [-0.1, -0.05) is 84.6 Å². The van der Waals surface area contributed by atoms with E-state index in [1.165, 1.54) is 17.3 Å². The van der Waals surface area contributed by atoms with Crippen molar-refractivity contribution in [1.29, 1.82) is 0 Å². The van der Waals surface area contributed by atoms with E-state index in [4.69, 9.17) is 0 Å². The van der Waals surface area contributed by atoms with E-state index in [0.29, 0.717) is 18.1 Å². The van der Waals surface area contributed by atoms with Crippen molar-refractivity contribution < 1.29 is 4.79 Å². The Balaban J connectivity index is 1.57. The molecule has 5 nitrogen and oxygen atoms in total. The molecule has 0 saturated carbocycles. The van der Waals surface area contributed by atoms with Gasteiger partial charge < -0.3 is 0 Å². The fraction of sp³-hybridized carbons (Fsp3) is 0.115. The van der Waals surface area contributed by atoms with Crippen molar-refractivity contribution in [3.63, 3.8) is 0 Å². The lowest BCUT2D eigenvalue weighted by atomic mass is 10.1. The summed E-state index contributed by atoms with van der Waals surface area (Å²) in [7, 11) is 0. The van der Waals surface area contributed by atoms with Crippen molar-refractivity contribution in [2.24, 2.45) is 10.2 Å². The number of thiazole rings is 1. The van der Waals surface area contributed by atoms with Gasteiger partial charge in [0.05, 0.1) is 18.0 Å². The van der Waals surface area contributed by atoms with Crippen molar-refractivity contribution >= 4 is 34.2 Å². The number of hydrogen-bond acceptors (Lipinski definition) is 5. The van der Waals surface area contributed by atoms with E-state index in [0.717, 1.165) is 27.3 Å². The van der Waals surface area contributed by atoms with Crippen LogP contribution in [0.2, 0.25) is 0 Å². The first-order valence-electron chi connectivity index (χ1n) is 10.6. The molecule has 1 aromatic heterocycles. The number of hydrogen-bond donors (Lipinski definition) is 0. The van der Waals surface area contributed by atoms with Crippen LogP contribution in [0.3, 0.4) is 0 Å². The minimum absolute atomic E-state index is 0.00974. The van der Waals surface area contributed by atoms with Gasteiger partial charge >= 0.3 is 0 Å². The molecule has 0 unspecified atom stereocenters. The summed E-state index contributed by atoms with van der Waals surface area (Å²) in [5.74, 6) is 1.20. The first-order chi connectivity index (χ1) is 16.2. The van der Waals surface area contributed by atoms with E-state index in [1.54, 1.807) is 16.2 Å². The molecule has 3 aromatic carbocycles. The van der Waals surface area contributed by atoms with Crippen molar-refractivity contribution in [3.05, 3.63) is 106 Å². The van der Waals surface area contributed by atoms with Crippen LogP contribution in [0, 0.1) is 6.92 Å². The largest absolute Gasteiger partial charge is 0.287 e. The van der Waals surface area contributed by atoms with Gasteiger partial charge in [-0.2, -0.15) is 0 Å². The fourth-order valence-corrected chi connectivity index (χ4v) is 5.35. The van der Waals surface area contributed by atoms with Crippen LogP contribution in [0.1, 0.15) is 11.1 Å². The summed E-state index contributed by atoms with van der Waals surface area (Å²) in [6, 6.07) is 28.6. The maximum Gasteiger partial charge on any atom is 0.287 e. The van der Waals surface area contributed by atoms with E-state index in [2.05, 4.69) is 57.4 Å². The number of aryl methyl sites for hydroxylation is 1. The molecule has 2 heterocycles. The fourth-order valence-electron chi connectivity index (χ4n) is 3.70. The summed E-state index contributed by atoms with van der Waals surface area (Å²) < 4.78 is 2.13. The number of rotatable bonds is 5. The first-order valence-corrected chi connectivity index (χ1v) is 12.5. The van der Waals surface area contributed by atoms with Gasteiger partial charge in [0.1, 0.15) is 5.84 Å². The maximum atomic E-state index is 12.5. The minimum atomic E-state index is 0.00974. The number of thioether (sulfide) groups is 1. The van der Waals surface area contributed by atoms with Crippen LogP contribution in [0.4, 0.5) is 4.79 Å². The molecule has 1 amide bonds. The first kappa shape index (κ1) is 21.4. The van der Waals surface area contributed by atoms with Gasteiger partial charge in [0, 0.05) is 11.1 Å². The van der Waals surface area contributed by atoms with Crippen molar-refractivity contribution in [2.75, 3.05) is 5.75 Å². The molecule has 7 heteroatoms. The highest BCUT2D eigenvalue weighted by Crippen LogP contribution is 2.25. The summed E-state index contributed by atoms with van der Waals surface area (Å²) in [5.41, 5.74) is 5.45. The number of carbonyl (C=O) groups is 1. The Morgan fingerprint density at radius 3 is 2.42 bits per heavy atom. The Morgan fingerprint density at radius 2 is 1.67 bits per heavy atom. The lowest BCUT2D eigenvalue weighted by Crippen LogP contribution is -2.28. The van der Waals surface area contributed by atoms with Crippen LogP contribution in [-0.4, -0.2) is 26.3 Å². The SMILES string of the molecule is Cc1cccc(-n2c(-c3ccccc3)cs/c2=N\N=C2\CSC(=O)N2Cc2ccccc2)c1. The lowest BCUT2D eigenvalue weighted by Gasteiger charge is -2.15. The van der Waals surface area contributed by atoms with Crippen LogP contribution in [0.15, 0.2) is 101 Å². The number of carbonyl (C=O) groups excluding carboxylic acids is 1. The molecule has 1 saturated heterocycles. The van der Waals surface area contributed by atoms with E-state index < -0.39 is 0 Å². The molecule has 1 aliphatic rings. The highest BCUT2D eigenvalue weighted by molar-refractivity contribution is 8.14. The van der Waals surface area contributed by atoms with Gasteiger partial charge in [-0.15, -0.1) is 21.5 Å². The molecule has 0 aliphatic carbocycles. The van der Waals surface area contributed by atoms with Gasteiger partial charge in [-0.3, -0.25) is 14.3 Å². The zero-order valence-electron chi connectivity index (χ0n) is 18.1. The molecular weight excluding hydrogens is 448 g/mol. The topological polar surface area (TPSA) is 50.0 Å². The summed E-state index contributed by atoms with van der Waals surface area (Å²) in [5, 5.41) is 11.3. The molecule has 0 N–H and O–H groups in total. The maximum absolute atomic E-state index is 12.5. The highest BCUT2D eigenvalue weighted by Gasteiger charge is 2.28. The summed E-state index contributed by atoms with van der Waals surface area (Å²) in [4.78, 5) is 15.0. The predicted octanol–water partition coefficient (Wildman–Crippen LogP) is 6.10. The Hall–Kier alpha value is -3.42. The summed E-state index contributed by atoms with van der Waals surface area (Å²) in [6.45, 7) is 2.58. The number of aromatic nitrogens is 1. The van der Waals surface area contributed by atoms with E-state index in [-0.39, 0.29) is 5.24 Å². The van der Waals surface area contributed by atoms with Gasteiger partial charge in [-0.25, -0.2) is 0 Å². The van der Waals surface area contributed by atoms with Crippen molar-refractivity contribution in [3.8, 4) is 16.9 Å². The van der Waals surface area contributed by atoms with Gasteiger partial charge in [0.2, 0.25) is 4.80 Å². The Kier molecular flexibility index (Phi) is 6.24. The monoisotopic (exact) mass is 470 g/mol. The van der Waals surface area contributed by atoms with Crippen LogP contribution in [0.5, 0.6) is 0 Å². The molecular formula is C26H22N4OS2. The summed E-state index contributed by atoms with van der Waals surface area (Å²) >= 11 is 2.81. The molecule has 0 bridgehead atoms. The third-order valence-electron chi connectivity index (χ3n) is 5.33. The predicted molar refractivity (Wildman–Crippen MR) is 137 cm³/mol. The van der Waals surface area contributed by atoms with Crippen LogP contribution in [-0.2, 0) is 6.54 Å². The molecule has 1 fully saturated rings. The molecule has 4 aromatic rings. The molecule has 0 atom stereocenters. The molecule has 33 heavy (non-hydrogen) atoms. The number of benzene rings is 3. The average Bonchev–Trinajstić information content (AvgIpc) is 3.42. The zero-order chi connectivity index (χ0) is 22.6. The molecule has 164 valence electrons. The molecule has 0 radical (unpaired) electrons. The van der Waals surface area contributed by atoms with Crippen molar-refractivity contribution in [1.82, 2.24) is 9.47 Å². The second-order valence-electron chi connectivity index (χ2n) is 7.69. The Morgan fingerprint density at radius 1 is 0.909 bits per heavy atom. The van der Waals surface area contributed by atoms with Crippen LogP contribution >= 0.6 is 23.1 Å². The quantitative estimate of drug-likeness (QED) is 0.331. The van der Waals surface area contributed by atoms with E-state index in [9.17, 15) is 4.79 Å².